The lowest BCUT2D eigenvalue weighted by Crippen LogP contribution is -2.46. The van der Waals surface area contributed by atoms with Gasteiger partial charge in [-0.3, -0.25) is 9.59 Å². The van der Waals surface area contributed by atoms with Crippen molar-refractivity contribution in [2.45, 2.75) is 50.9 Å². The summed E-state index contributed by atoms with van der Waals surface area (Å²) in [5.41, 5.74) is 1.56. The quantitative estimate of drug-likeness (QED) is 0.303. The zero-order valence-corrected chi connectivity index (χ0v) is 22.5. The summed E-state index contributed by atoms with van der Waals surface area (Å²) in [5.74, 6) is 1.51. The van der Waals surface area contributed by atoms with Crippen LogP contribution in [0.3, 0.4) is 0 Å². The summed E-state index contributed by atoms with van der Waals surface area (Å²) in [6, 6.07) is 17.1. The number of carbonyl (C=O) groups is 2. The van der Waals surface area contributed by atoms with Crippen molar-refractivity contribution in [1.29, 1.82) is 0 Å². The maximum absolute atomic E-state index is 13.9. The molecule has 11 nitrogen and oxygen atoms in total. The molecule has 0 bridgehead atoms. The van der Waals surface area contributed by atoms with Crippen molar-refractivity contribution in [3.05, 3.63) is 78.3 Å². The zero-order valence-electron chi connectivity index (χ0n) is 22.5. The third-order valence-corrected chi connectivity index (χ3v) is 6.98. The SMILES string of the molecule is COc1ccc(CN(C(=O)Cn2nnc(-c3ccc(OC)cc3)n2)[C@@H](C(=O)NC2CCCC2)c2ccco2)cc1. The molecule has 1 atom stereocenters. The second-order valence-corrected chi connectivity index (χ2v) is 9.65. The summed E-state index contributed by atoms with van der Waals surface area (Å²) >= 11 is 0. The molecule has 0 aliphatic heterocycles. The minimum Gasteiger partial charge on any atom is -0.497 e. The summed E-state index contributed by atoms with van der Waals surface area (Å²) in [5, 5.41) is 15.7. The molecule has 1 aliphatic carbocycles. The van der Waals surface area contributed by atoms with Gasteiger partial charge in [-0.2, -0.15) is 4.80 Å². The molecular weight excluding hydrogens is 512 g/mol. The molecule has 1 fully saturated rings. The van der Waals surface area contributed by atoms with Crippen LogP contribution in [0.25, 0.3) is 11.4 Å². The number of carbonyl (C=O) groups excluding carboxylic acids is 2. The molecular formula is C29H32N6O5. The van der Waals surface area contributed by atoms with Gasteiger partial charge in [0.05, 0.1) is 20.5 Å². The molecule has 0 unspecified atom stereocenters. The number of nitrogens with one attached hydrogen (secondary N) is 1. The van der Waals surface area contributed by atoms with Crippen LogP contribution in [-0.2, 0) is 22.7 Å². The molecule has 1 saturated carbocycles. The zero-order chi connectivity index (χ0) is 27.9. The number of hydrogen-bond donors (Lipinski definition) is 1. The van der Waals surface area contributed by atoms with Crippen molar-refractivity contribution in [2.75, 3.05) is 14.2 Å². The summed E-state index contributed by atoms with van der Waals surface area (Å²) in [7, 11) is 3.19. The highest BCUT2D eigenvalue weighted by Crippen LogP contribution is 2.27. The molecule has 40 heavy (non-hydrogen) atoms. The Morgan fingerprint density at radius 3 is 2.33 bits per heavy atom. The molecule has 2 amide bonds. The van der Waals surface area contributed by atoms with E-state index in [1.54, 1.807) is 38.5 Å². The smallest absolute Gasteiger partial charge is 0.250 e. The molecule has 0 saturated heterocycles. The average Bonchev–Trinajstić information content (AvgIpc) is 3.77. The van der Waals surface area contributed by atoms with E-state index in [2.05, 4.69) is 20.7 Å². The predicted octanol–water partition coefficient (Wildman–Crippen LogP) is 3.78. The fraction of sp³-hybridized carbons (Fsp3) is 0.345. The first-order valence-electron chi connectivity index (χ1n) is 13.2. The fourth-order valence-corrected chi connectivity index (χ4v) is 4.85. The van der Waals surface area contributed by atoms with Crippen molar-refractivity contribution in [3.63, 3.8) is 0 Å². The average molecular weight is 545 g/mol. The van der Waals surface area contributed by atoms with Gasteiger partial charge in [-0.05, 0) is 72.1 Å². The Hall–Kier alpha value is -4.67. The molecule has 4 aromatic rings. The topological polar surface area (TPSA) is 125 Å². The van der Waals surface area contributed by atoms with Crippen LogP contribution in [0.1, 0.15) is 43.0 Å². The van der Waals surface area contributed by atoms with Crippen molar-refractivity contribution in [2.24, 2.45) is 0 Å². The summed E-state index contributed by atoms with van der Waals surface area (Å²) in [6.07, 6.45) is 5.47. The number of ether oxygens (including phenoxy) is 2. The van der Waals surface area contributed by atoms with Gasteiger partial charge in [0.15, 0.2) is 6.04 Å². The number of nitrogens with zero attached hydrogens (tertiary/aromatic N) is 5. The van der Waals surface area contributed by atoms with Crippen molar-refractivity contribution in [3.8, 4) is 22.9 Å². The van der Waals surface area contributed by atoms with Gasteiger partial charge in [0.1, 0.15) is 23.8 Å². The highest BCUT2D eigenvalue weighted by Gasteiger charge is 2.35. The maximum atomic E-state index is 13.9. The van der Waals surface area contributed by atoms with E-state index >= 15 is 0 Å². The number of hydrogen-bond acceptors (Lipinski definition) is 8. The van der Waals surface area contributed by atoms with Crippen LogP contribution in [0.15, 0.2) is 71.3 Å². The predicted molar refractivity (Wildman–Crippen MR) is 145 cm³/mol. The van der Waals surface area contributed by atoms with E-state index in [1.165, 1.54) is 16.0 Å². The molecule has 208 valence electrons. The number of rotatable bonds is 11. The Morgan fingerprint density at radius 2 is 1.70 bits per heavy atom. The molecule has 2 aromatic heterocycles. The third-order valence-electron chi connectivity index (χ3n) is 6.98. The number of aromatic nitrogens is 4. The first-order valence-corrected chi connectivity index (χ1v) is 13.2. The maximum Gasteiger partial charge on any atom is 0.250 e. The van der Waals surface area contributed by atoms with E-state index in [1.807, 2.05) is 36.4 Å². The summed E-state index contributed by atoms with van der Waals surface area (Å²) in [6.45, 7) is -0.0560. The lowest BCUT2D eigenvalue weighted by Gasteiger charge is -2.30. The lowest BCUT2D eigenvalue weighted by molar-refractivity contribution is -0.143. The Bertz CT molecular complexity index is 1400. The molecule has 0 spiro atoms. The lowest BCUT2D eigenvalue weighted by atomic mass is 10.1. The van der Waals surface area contributed by atoms with Gasteiger partial charge < -0.3 is 24.1 Å². The Kier molecular flexibility index (Phi) is 8.38. The van der Waals surface area contributed by atoms with Gasteiger partial charge in [-0.1, -0.05) is 25.0 Å². The monoisotopic (exact) mass is 544 g/mol. The number of tetrazole rings is 1. The first kappa shape index (κ1) is 26.9. The highest BCUT2D eigenvalue weighted by atomic mass is 16.5. The minimum absolute atomic E-state index is 0.0759. The van der Waals surface area contributed by atoms with Crippen molar-refractivity contribution < 1.29 is 23.5 Å². The van der Waals surface area contributed by atoms with E-state index < -0.39 is 6.04 Å². The summed E-state index contributed by atoms with van der Waals surface area (Å²) in [4.78, 5) is 30.3. The van der Waals surface area contributed by atoms with Crippen LogP contribution in [0.2, 0.25) is 0 Å². The van der Waals surface area contributed by atoms with E-state index in [9.17, 15) is 9.59 Å². The fourth-order valence-electron chi connectivity index (χ4n) is 4.85. The van der Waals surface area contributed by atoms with Gasteiger partial charge >= 0.3 is 0 Å². The van der Waals surface area contributed by atoms with Crippen LogP contribution < -0.4 is 14.8 Å². The van der Waals surface area contributed by atoms with Gasteiger partial charge in [0.25, 0.3) is 5.91 Å². The molecule has 0 radical (unpaired) electrons. The minimum atomic E-state index is -0.977. The third kappa shape index (κ3) is 6.31. The van der Waals surface area contributed by atoms with Gasteiger partial charge in [0, 0.05) is 18.2 Å². The van der Waals surface area contributed by atoms with E-state index in [-0.39, 0.29) is 30.9 Å². The standard InChI is InChI=1S/C29H32N6O5/c1-38-23-13-9-20(10-14-23)18-34(27(25-8-5-17-40-25)29(37)30-22-6-3-4-7-22)26(36)19-35-32-28(31-33-35)21-11-15-24(39-2)16-12-21/h5,8-17,22,27H,3-4,6-7,18-19H2,1-2H3,(H,30,37)/t27-/m1/s1. The molecule has 5 rings (SSSR count). The molecule has 2 heterocycles. The van der Waals surface area contributed by atoms with Gasteiger partial charge in [0.2, 0.25) is 11.7 Å². The number of benzene rings is 2. The van der Waals surface area contributed by atoms with E-state index in [0.717, 1.165) is 36.8 Å². The first-order chi connectivity index (χ1) is 19.5. The van der Waals surface area contributed by atoms with Crippen LogP contribution in [0.5, 0.6) is 11.5 Å². The number of methoxy groups -OCH3 is 2. The summed E-state index contributed by atoms with van der Waals surface area (Å²) < 4.78 is 16.2. The van der Waals surface area contributed by atoms with Crippen LogP contribution in [0, 0.1) is 0 Å². The normalized spacial score (nSPS) is 14.1. The highest BCUT2D eigenvalue weighted by molar-refractivity contribution is 5.88. The molecule has 1 N–H and O–H groups in total. The van der Waals surface area contributed by atoms with Crippen LogP contribution >= 0.6 is 0 Å². The Morgan fingerprint density at radius 1 is 1.02 bits per heavy atom. The second kappa shape index (κ2) is 12.5. The molecule has 1 aliphatic rings. The van der Waals surface area contributed by atoms with E-state index in [4.69, 9.17) is 13.9 Å². The Labute approximate surface area is 232 Å². The van der Waals surface area contributed by atoms with E-state index in [0.29, 0.717) is 23.1 Å². The van der Waals surface area contributed by atoms with Gasteiger partial charge in [-0.15, -0.1) is 10.2 Å². The largest absolute Gasteiger partial charge is 0.497 e. The van der Waals surface area contributed by atoms with Gasteiger partial charge in [-0.25, -0.2) is 0 Å². The molecule has 11 heteroatoms. The second-order valence-electron chi connectivity index (χ2n) is 9.65. The molecule has 2 aromatic carbocycles. The number of furan rings is 1. The Balaban J connectivity index is 1.42. The van der Waals surface area contributed by atoms with Crippen molar-refractivity contribution in [1.82, 2.24) is 30.4 Å². The van der Waals surface area contributed by atoms with Crippen molar-refractivity contribution >= 4 is 11.8 Å². The number of amides is 2. The van der Waals surface area contributed by atoms with Crippen LogP contribution in [0.4, 0.5) is 0 Å². The van der Waals surface area contributed by atoms with Crippen LogP contribution in [-0.4, -0.2) is 57.2 Å².